The van der Waals surface area contributed by atoms with Gasteiger partial charge >= 0.3 is 0 Å². The summed E-state index contributed by atoms with van der Waals surface area (Å²) in [4.78, 5) is 9.28. The summed E-state index contributed by atoms with van der Waals surface area (Å²) in [6.45, 7) is 8.97. The largest absolute Gasteiger partial charge is 0.497 e. The molecule has 24 heavy (non-hydrogen) atoms. The van der Waals surface area contributed by atoms with E-state index in [4.69, 9.17) is 10.5 Å². The molecule has 1 saturated heterocycles. The minimum Gasteiger partial charge on any atom is -0.497 e. The molecule has 1 aromatic rings. The van der Waals surface area contributed by atoms with E-state index in [0.717, 1.165) is 31.9 Å². The average Bonchev–Trinajstić information content (AvgIpc) is 3.11. The van der Waals surface area contributed by atoms with Crippen LogP contribution in [0.2, 0.25) is 0 Å². The SMILES string of the molecule is CCN(CC)C(N)=NCC(c1ccc(OC)cc1)N1CCCC1.I. The van der Waals surface area contributed by atoms with E-state index in [0.29, 0.717) is 12.5 Å². The summed E-state index contributed by atoms with van der Waals surface area (Å²) < 4.78 is 5.27. The van der Waals surface area contributed by atoms with Crippen LogP contribution < -0.4 is 10.5 Å². The Morgan fingerprint density at radius 1 is 1.21 bits per heavy atom. The van der Waals surface area contributed by atoms with Gasteiger partial charge in [0.25, 0.3) is 0 Å². The normalized spacial score (nSPS) is 16.5. The molecular formula is C18H31IN4O. The summed E-state index contributed by atoms with van der Waals surface area (Å²) >= 11 is 0. The van der Waals surface area contributed by atoms with Gasteiger partial charge in [-0.15, -0.1) is 24.0 Å². The number of aliphatic imine (C=N–C) groups is 1. The van der Waals surface area contributed by atoms with E-state index in [2.05, 4.69) is 40.8 Å². The number of nitrogens with two attached hydrogens (primary N) is 1. The van der Waals surface area contributed by atoms with Gasteiger partial charge < -0.3 is 15.4 Å². The molecule has 0 amide bonds. The first-order valence-corrected chi connectivity index (χ1v) is 8.62. The first-order chi connectivity index (χ1) is 11.2. The molecule has 0 aromatic heterocycles. The van der Waals surface area contributed by atoms with Crippen molar-refractivity contribution < 1.29 is 4.74 Å². The molecule has 136 valence electrons. The number of ether oxygens (including phenoxy) is 1. The Hall–Kier alpha value is -1.02. The molecule has 0 spiro atoms. The van der Waals surface area contributed by atoms with Crippen molar-refractivity contribution in [1.29, 1.82) is 0 Å². The minimum atomic E-state index is 0. The number of hydrogen-bond donors (Lipinski definition) is 1. The number of halogens is 1. The third-order valence-corrected chi connectivity index (χ3v) is 4.60. The second-order valence-electron chi connectivity index (χ2n) is 5.90. The fraction of sp³-hybridized carbons (Fsp3) is 0.611. The van der Waals surface area contributed by atoms with Gasteiger partial charge in [0.15, 0.2) is 5.96 Å². The molecule has 0 bridgehead atoms. The molecule has 1 aromatic carbocycles. The average molecular weight is 446 g/mol. The van der Waals surface area contributed by atoms with Crippen LogP contribution in [0.4, 0.5) is 0 Å². The summed E-state index contributed by atoms with van der Waals surface area (Å²) in [5, 5.41) is 0. The van der Waals surface area contributed by atoms with E-state index >= 15 is 0 Å². The van der Waals surface area contributed by atoms with Crippen LogP contribution in [-0.4, -0.2) is 55.6 Å². The molecule has 0 saturated carbocycles. The highest BCUT2D eigenvalue weighted by atomic mass is 127. The van der Waals surface area contributed by atoms with Crippen LogP contribution in [0.1, 0.15) is 38.3 Å². The van der Waals surface area contributed by atoms with Crippen LogP contribution in [-0.2, 0) is 0 Å². The maximum absolute atomic E-state index is 6.15. The van der Waals surface area contributed by atoms with Gasteiger partial charge in [-0.3, -0.25) is 9.89 Å². The summed E-state index contributed by atoms with van der Waals surface area (Å²) in [7, 11) is 1.70. The lowest BCUT2D eigenvalue weighted by Crippen LogP contribution is -2.38. The van der Waals surface area contributed by atoms with Crippen molar-refractivity contribution in [3.8, 4) is 5.75 Å². The van der Waals surface area contributed by atoms with Gasteiger partial charge in [0, 0.05) is 13.1 Å². The highest BCUT2D eigenvalue weighted by Crippen LogP contribution is 2.27. The van der Waals surface area contributed by atoms with Crippen LogP contribution in [0.25, 0.3) is 0 Å². The molecule has 1 aliphatic heterocycles. The zero-order chi connectivity index (χ0) is 16.7. The van der Waals surface area contributed by atoms with Gasteiger partial charge in [-0.2, -0.15) is 0 Å². The summed E-state index contributed by atoms with van der Waals surface area (Å²) in [6, 6.07) is 8.62. The minimum absolute atomic E-state index is 0. The second kappa shape index (κ2) is 10.8. The lowest BCUT2D eigenvalue weighted by molar-refractivity contribution is 0.251. The van der Waals surface area contributed by atoms with Gasteiger partial charge in [-0.1, -0.05) is 12.1 Å². The molecule has 1 aliphatic rings. The van der Waals surface area contributed by atoms with E-state index in [-0.39, 0.29) is 30.0 Å². The van der Waals surface area contributed by atoms with Crippen molar-refractivity contribution in [1.82, 2.24) is 9.80 Å². The topological polar surface area (TPSA) is 54.1 Å². The molecule has 2 rings (SSSR count). The predicted molar refractivity (Wildman–Crippen MR) is 111 cm³/mol. The Balaban J connectivity index is 0.00000288. The van der Waals surface area contributed by atoms with E-state index in [1.807, 2.05) is 12.1 Å². The Bertz CT molecular complexity index is 496. The lowest BCUT2D eigenvalue weighted by atomic mass is 10.1. The fourth-order valence-electron chi connectivity index (χ4n) is 3.14. The number of rotatable bonds is 7. The number of benzene rings is 1. The quantitative estimate of drug-likeness (QED) is 0.398. The highest BCUT2D eigenvalue weighted by molar-refractivity contribution is 14.0. The Kier molecular flexibility index (Phi) is 9.43. The number of guanidine groups is 1. The van der Waals surface area contributed by atoms with Gasteiger partial charge in [0.05, 0.1) is 19.7 Å². The smallest absolute Gasteiger partial charge is 0.191 e. The maximum atomic E-state index is 6.15. The Morgan fingerprint density at radius 3 is 2.29 bits per heavy atom. The van der Waals surface area contributed by atoms with Gasteiger partial charge in [0.1, 0.15) is 5.75 Å². The lowest BCUT2D eigenvalue weighted by Gasteiger charge is -2.27. The van der Waals surface area contributed by atoms with Crippen LogP contribution >= 0.6 is 24.0 Å². The molecular weight excluding hydrogens is 415 g/mol. The zero-order valence-corrected chi connectivity index (χ0v) is 17.4. The van der Waals surface area contributed by atoms with Crippen LogP contribution in [0, 0.1) is 0 Å². The summed E-state index contributed by atoms with van der Waals surface area (Å²) in [5.41, 5.74) is 7.43. The number of nitrogens with zero attached hydrogens (tertiary/aromatic N) is 3. The number of likely N-dealkylation sites (tertiary alicyclic amines) is 1. The Labute approximate surface area is 163 Å². The van der Waals surface area contributed by atoms with Gasteiger partial charge in [0.2, 0.25) is 0 Å². The third kappa shape index (κ3) is 5.51. The fourth-order valence-corrected chi connectivity index (χ4v) is 3.14. The Morgan fingerprint density at radius 2 is 1.79 bits per heavy atom. The molecule has 1 heterocycles. The van der Waals surface area contributed by atoms with Crippen molar-refractivity contribution >= 4 is 29.9 Å². The van der Waals surface area contributed by atoms with Crippen LogP contribution in [0.3, 0.4) is 0 Å². The third-order valence-electron chi connectivity index (χ3n) is 4.60. The van der Waals surface area contributed by atoms with Gasteiger partial charge in [-0.05, 0) is 57.5 Å². The standard InChI is InChI=1S/C18H30N4O.HI/c1-4-21(5-2)18(19)20-14-17(22-12-6-7-13-22)15-8-10-16(23-3)11-9-15;/h8-11,17H,4-7,12-14H2,1-3H3,(H2,19,20);1H. The maximum Gasteiger partial charge on any atom is 0.191 e. The van der Waals surface area contributed by atoms with Crippen LogP contribution in [0.15, 0.2) is 29.3 Å². The number of hydrogen-bond acceptors (Lipinski definition) is 3. The summed E-state index contributed by atoms with van der Waals surface area (Å²) in [5.74, 6) is 1.53. The van der Waals surface area contributed by atoms with E-state index in [1.165, 1.54) is 18.4 Å². The molecule has 1 fully saturated rings. The van der Waals surface area contributed by atoms with Crippen molar-refractivity contribution in [2.45, 2.75) is 32.7 Å². The van der Waals surface area contributed by atoms with Crippen LogP contribution in [0.5, 0.6) is 5.75 Å². The van der Waals surface area contributed by atoms with Crippen molar-refractivity contribution in [2.24, 2.45) is 10.7 Å². The molecule has 5 nitrogen and oxygen atoms in total. The van der Waals surface area contributed by atoms with E-state index in [1.54, 1.807) is 7.11 Å². The second-order valence-corrected chi connectivity index (χ2v) is 5.90. The van der Waals surface area contributed by atoms with Gasteiger partial charge in [-0.25, -0.2) is 0 Å². The highest BCUT2D eigenvalue weighted by Gasteiger charge is 2.23. The number of methoxy groups -OCH3 is 1. The van der Waals surface area contributed by atoms with Crippen molar-refractivity contribution in [3.05, 3.63) is 29.8 Å². The van der Waals surface area contributed by atoms with Crippen molar-refractivity contribution in [2.75, 3.05) is 39.8 Å². The first-order valence-electron chi connectivity index (χ1n) is 8.62. The summed E-state index contributed by atoms with van der Waals surface area (Å²) in [6.07, 6.45) is 2.53. The predicted octanol–water partition coefficient (Wildman–Crippen LogP) is 3.11. The zero-order valence-electron chi connectivity index (χ0n) is 15.1. The molecule has 0 radical (unpaired) electrons. The first kappa shape index (κ1) is 21.0. The molecule has 1 unspecified atom stereocenters. The van der Waals surface area contributed by atoms with E-state index < -0.39 is 0 Å². The molecule has 6 heteroatoms. The monoisotopic (exact) mass is 446 g/mol. The molecule has 1 atom stereocenters. The van der Waals surface area contributed by atoms with E-state index in [9.17, 15) is 0 Å². The molecule has 2 N–H and O–H groups in total. The molecule has 0 aliphatic carbocycles. The van der Waals surface area contributed by atoms with Crippen molar-refractivity contribution in [3.63, 3.8) is 0 Å².